The number of amides is 1. The highest BCUT2D eigenvalue weighted by Gasteiger charge is 2.08. The Kier molecular flexibility index (Phi) is 6.18. The lowest BCUT2D eigenvalue weighted by molar-refractivity contribution is -0.122. The van der Waals surface area contributed by atoms with Gasteiger partial charge in [-0.15, -0.1) is 0 Å². The summed E-state index contributed by atoms with van der Waals surface area (Å²) < 4.78 is 6.68. The van der Waals surface area contributed by atoms with Crippen molar-refractivity contribution in [1.29, 1.82) is 0 Å². The predicted molar refractivity (Wildman–Crippen MR) is 110 cm³/mol. The predicted octanol–water partition coefficient (Wildman–Crippen LogP) is 2.23. The number of benzene rings is 2. The van der Waals surface area contributed by atoms with Gasteiger partial charge in [-0.05, 0) is 55.5 Å². The number of thiocarbonyl (C=S) groups is 1. The molecule has 0 aliphatic carbocycles. The van der Waals surface area contributed by atoms with Crippen molar-refractivity contribution in [1.82, 2.24) is 20.4 Å². The van der Waals surface area contributed by atoms with Gasteiger partial charge in [-0.3, -0.25) is 15.6 Å². The first-order valence-electron chi connectivity index (χ1n) is 8.59. The Morgan fingerprint density at radius 1 is 1.11 bits per heavy atom. The molecule has 3 aromatic rings. The van der Waals surface area contributed by atoms with Gasteiger partial charge in [0.2, 0.25) is 0 Å². The summed E-state index contributed by atoms with van der Waals surface area (Å²) in [5.74, 6) is -0.654. The Hall–Kier alpha value is -3.46. The lowest BCUT2D eigenvalue weighted by Crippen LogP contribution is -2.45. The minimum absolute atomic E-state index is 0.102. The molecular formula is C19H19N5O3S. The fraction of sp³-hybridized carbons (Fsp3) is 0.158. The molecule has 9 heteroatoms. The number of ether oxygens (including phenoxy) is 1. The third-order valence-electron chi connectivity index (χ3n) is 3.81. The van der Waals surface area contributed by atoms with Gasteiger partial charge in [0.15, 0.2) is 5.11 Å². The average molecular weight is 397 g/mol. The van der Waals surface area contributed by atoms with Crippen molar-refractivity contribution in [3.8, 4) is 0 Å². The van der Waals surface area contributed by atoms with Crippen molar-refractivity contribution in [2.24, 2.45) is 0 Å². The van der Waals surface area contributed by atoms with Gasteiger partial charge in [0.05, 0.1) is 29.5 Å². The van der Waals surface area contributed by atoms with Crippen molar-refractivity contribution < 1.29 is 14.3 Å². The third-order valence-corrected chi connectivity index (χ3v) is 4.01. The molecule has 3 N–H and O–H groups in total. The van der Waals surface area contributed by atoms with Crippen LogP contribution in [0.2, 0.25) is 0 Å². The van der Waals surface area contributed by atoms with Gasteiger partial charge in [0.25, 0.3) is 5.91 Å². The molecule has 0 radical (unpaired) electrons. The van der Waals surface area contributed by atoms with E-state index in [1.807, 2.05) is 24.3 Å². The number of hydrogen-bond donors (Lipinski definition) is 3. The highest BCUT2D eigenvalue weighted by atomic mass is 32.1. The normalized spacial score (nSPS) is 10.3. The van der Waals surface area contributed by atoms with Crippen LogP contribution in [0.15, 0.2) is 54.9 Å². The van der Waals surface area contributed by atoms with Crippen molar-refractivity contribution in [3.63, 3.8) is 0 Å². The van der Waals surface area contributed by atoms with Crippen molar-refractivity contribution in [2.45, 2.75) is 13.5 Å². The molecule has 0 atom stereocenters. The van der Waals surface area contributed by atoms with Gasteiger partial charge in [-0.2, -0.15) is 0 Å². The molecule has 0 bridgehead atoms. The van der Waals surface area contributed by atoms with E-state index in [0.717, 1.165) is 11.0 Å². The first-order valence-corrected chi connectivity index (χ1v) is 9.00. The minimum atomic E-state index is -0.381. The largest absolute Gasteiger partial charge is 0.462 e. The number of hydrogen-bond acceptors (Lipinski definition) is 5. The van der Waals surface area contributed by atoms with Gasteiger partial charge in [-0.25, -0.2) is 9.78 Å². The summed E-state index contributed by atoms with van der Waals surface area (Å²) in [6.45, 7) is 2.17. The summed E-state index contributed by atoms with van der Waals surface area (Å²) in [4.78, 5) is 28.0. The minimum Gasteiger partial charge on any atom is -0.462 e. The maximum Gasteiger partial charge on any atom is 0.338 e. The number of imidazole rings is 1. The molecule has 0 spiro atoms. The number of rotatable bonds is 5. The van der Waals surface area contributed by atoms with Crippen LogP contribution in [0, 0.1) is 0 Å². The summed E-state index contributed by atoms with van der Waals surface area (Å²) in [6.07, 6.45) is 1.62. The highest BCUT2D eigenvalue weighted by molar-refractivity contribution is 7.80. The molecule has 144 valence electrons. The summed E-state index contributed by atoms with van der Waals surface area (Å²) in [7, 11) is 0. The molecule has 0 saturated carbocycles. The second kappa shape index (κ2) is 8.96. The molecule has 0 saturated heterocycles. The SMILES string of the molecule is CCOC(=O)c1ccc(NC(=S)NNC(=O)Cn2cnc3ccccc32)cc1. The Labute approximate surface area is 166 Å². The van der Waals surface area contributed by atoms with Gasteiger partial charge in [0, 0.05) is 5.69 Å². The fourth-order valence-electron chi connectivity index (χ4n) is 2.52. The van der Waals surface area contributed by atoms with Crippen LogP contribution in [0.1, 0.15) is 17.3 Å². The number of aromatic nitrogens is 2. The van der Waals surface area contributed by atoms with E-state index in [9.17, 15) is 9.59 Å². The fourth-order valence-corrected chi connectivity index (χ4v) is 2.69. The summed E-state index contributed by atoms with van der Waals surface area (Å²) in [5.41, 5.74) is 8.00. The molecule has 2 aromatic carbocycles. The Morgan fingerprint density at radius 2 is 1.86 bits per heavy atom. The van der Waals surface area contributed by atoms with E-state index in [-0.39, 0.29) is 23.5 Å². The van der Waals surface area contributed by atoms with Crippen LogP contribution in [-0.4, -0.2) is 33.1 Å². The van der Waals surface area contributed by atoms with Crippen LogP contribution in [0.4, 0.5) is 5.69 Å². The number of carbonyl (C=O) groups is 2. The number of anilines is 1. The first-order chi connectivity index (χ1) is 13.6. The van der Waals surface area contributed by atoms with Gasteiger partial charge < -0.3 is 14.6 Å². The second-order valence-corrected chi connectivity index (χ2v) is 6.19. The lowest BCUT2D eigenvalue weighted by atomic mass is 10.2. The molecule has 1 aromatic heterocycles. The first kappa shape index (κ1) is 19.3. The maximum atomic E-state index is 12.1. The van der Waals surface area contributed by atoms with Crippen LogP contribution in [0.25, 0.3) is 11.0 Å². The Bertz CT molecular complexity index is 1000. The number of para-hydroxylation sites is 2. The van der Waals surface area contributed by atoms with Crippen LogP contribution in [-0.2, 0) is 16.1 Å². The zero-order valence-corrected chi connectivity index (χ0v) is 16.0. The maximum absolute atomic E-state index is 12.1. The summed E-state index contributed by atoms with van der Waals surface area (Å²) in [5, 5.41) is 3.13. The number of hydrazine groups is 1. The number of esters is 1. The zero-order chi connectivity index (χ0) is 19.9. The molecule has 0 aliphatic rings. The Balaban J connectivity index is 1.48. The van der Waals surface area contributed by atoms with Gasteiger partial charge >= 0.3 is 5.97 Å². The number of nitrogens with one attached hydrogen (secondary N) is 3. The van der Waals surface area contributed by atoms with E-state index >= 15 is 0 Å². The van der Waals surface area contributed by atoms with Gasteiger partial charge in [0.1, 0.15) is 6.54 Å². The van der Waals surface area contributed by atoms with E-state index in [1.165, 1.54) is 0 Å². The van der Waals surface area contributed by atoms with E-state index in [4.69, 9.17) is 17.0 Å². The van der Waals surface area contributed by atoms with Crippen LogP contribution in [0.3, 0.4) is 0 Å². The van der Waals surface area contributed by atoms with Crippen LogP contribution >= 0.6 is 12.2 Å². The lowest BCUT2D eigenvalue weighted by Gasteiger charge is -2.12. The molecule has 0 aliphatic heterocycles. The molecule has 28 heavy (non-hydrogen) atoms. The molecule has 1 amide bonds. The second-order valence-electron chi connectivity index (χ2n) is 5.79. The average Bonchev–Trinajstić information content (AvgIpc) is 3.10. The molecule has 0 fully saturated rings. The molecular weight excluding hydrogens is 378 g/mol. The monoisotopic (exact) mass is 397 g/mol. The number of nitrogens with zero attached hydrogens (tertiary/aromatic N) is 2. The van der Waals surface area contributed by atoms with E-state index in [1.54, 1.807) is 42.1 Å². The Morgan fingerprint density at radius 3 is 2.61 bits per heavy atom. The number of carbonyl (C=O) groups excluding carboxylic acids is 2. The number of fused-ring (bicyclic) bond motifs is 1. The smallest absolute Gasteiger partial charge is 0.338 e. The van der Waals surface area contributed by atoms with E-state index in [0.29, 0.717) is 17.9 Å². The van der Waals surface area contributed by atoms with Crippen LogP contribution in [0.5, 0.6) is 0 Å². The quantitative estimate of drug-likeness (QED) is 0.345. The van der Waals surface area contributed by atoms with E-state index in [2.05, 4.69) is 21.2 Å². The molecule has 1 heterocycles. The van der Waals surface area contributed by atoms with Crippen molar-refractivity contribution >= 4 is 45.9 Å². The molecule has 0 unspecified atom stereocenters. The topological polar surface area (TPSA) is 97.3 Å². The van der Waals surface area contributed by atoms with Crippen LogP contribution < -0.4 is 16.2 Å². The highest BCUT2D eigenvalue weighted by Crippen LogP contribution is 2.12. The summed E-state index contributed by atoms with van der Waals surface area (Å²) >= 11 is 5.16. The van der Waals surface area contributed by atoms with Gasteiger partial charge in [-0.1, -0.05) is 12.1 Å². The van der Waals surface area contributed by atoms with E-state index < -0.39 is 0 Å². The zero-order valence-electron chi connectivity index (χ0n) is 15.1. The summed E-state index contributed by atoms with van der Waals surface area (Å²) in [6, 6.07) is 14.2. The third kappa shape index (κ3) is 4.83. The van der Waals surface area contributed by atoms with Crippen molar-refractivity contribution in [2.75, 3.05) is 11.9 Å². The molecule has 3 rings (SSSR count). The molecule has 8 nitrogen and oxygen atoms in total. The standard InChI is InChI=1S/C19H19N5O3S/c1-2-27-18(26)13-7-9-14(10-8-13)21-19(28)23-22-17(25)11-24-12-20-15-5-3-4-6-16(15)24/h3-10,12H,2,11H2,1H3,(H,22,25)(H2,21,23,28). The van der Waals surface area contributed by atoms with Crippen molar-refractivity contribution in [3.05, 3.63) is 60.4 Å².